The van der Waals surface area contributed by atoms with Gasteiger partial charge in [-0.1, -0.05) is 37.3 Å². The van der Waals surface area contributed by atoms with Crippen LogP contribution >= 0.6 is 11.3 Å². The number of rotatable bonds is 4. The third-order valence-corrected chi connectivity index (χ3v) is 4.88. The number of fused-ring (bicyclic) bond motifs is 1. The molecule has 1 aromatic carbocycles. The van der Waals surface area contributed by atoms with Gasteiger partial charge in [0, 0.05) is 4.88 Å². The SMILES string of the molecule is CCc1cc2c(=O)n(C(C(=O)OC)c3ccccc3)cnc2s1. The maximum absolute atomic E-state index is 12.8. The minimum absolute atomic E-state index is 0.231. The zero-order valence-corrected chi connectivity index (χ0v) is 13.7. The Morgan fingerprint density at radius 1 is 1.35 bits per heavy atom. The minimum Gasteiger partial charge on any atom is -0.467 e. The van der Waals surface area contributed by atoms with Crippen LogP contribution in [-0.2, 0) is 16.0 Å². The van der Waals surface area contributed by atoms with Crippen LogP contribution < -0.4 is 5.56 Å². The largest absolute Gasteiger partial charge is 0.467 e. The van der Waals surface area contributed by atoms with Gasteiger partial charge < -0.3 is 4.74 Å². The Hall–Kier alpha value is -2.47. The van der Waals surface area contributed by atoms with E-state index in [-0.39, 0.29) is 5.56 Å². The average molecular weight is 328 g/mol. The molecule has 0 bridgehead atoms. The monoisotopic (exact) mass is 328 g/mol. The molecule has 1 atom stereocenters. The number of carbonyl (C=O) groups excluding carboxylic acids is 1. The molecule has 2 heterocycles. The Balaban J connectivity index is 2.20. The normalized spacial score (nSPS) is 12.3. The van der Waals surface area contributed by atoms with Crippen LogP contribution in [0.3, 0.4) is 0 Å². The van der Waals surface area contributed by atoms with Crippen LogP contribution in [-0.4, -0.2) is 22.6 Å². The molecule has 23 heavy (non-hydrogen) atoms. The molecule has 0 amide bonds. The molecule has 3 rings (SSSR count). The van der Waals surface area contributed by atoms with Gasteiger partial charge in [0.25, 0.3) is 5.56 Å². The Morgan fingerprint density at radius 3 is 2.74 bits per heavy atom. The predicted molar refractivity (Wildman–Crippen MR) is 89.9 cm³/mol. The first-order valence-electron chi connectivity index (χ1n) is 7.28. The number of carbonyl (C=O) groups is 1. The van der Waals surface area contributed by atoms with E-state index in [1.807, 2.05) is 31.2 Å². The predicted octanol–water partition coefficient (Wildman–Crippen LogP) is 2.78. The highest BCUT2D eigenvalue weighted by Gasteiger charge is 2.25. The van der Waals surface area contributed by atoms with Gasteiger partial charge in [-0.15, -0.1) is 11.3 Å². The molecule has 0 saturated carbocycles. The Bertz CT molecular complexity index is 899. The summed E-state index contributed by atoms with van der Waals surface area (Å²) >= 11 is 1.50. The molecule has 1 unspecified atom stereocenters. The molecular formula is C17H16N2O3S. The summed E-state index contributed by atoms with van der Waals surface area (Å²) in [5.41, 5.74) is 0.457. The molecule has 0 aliphatic carbocycles. The summed E-state index contributed by atoms with van der Waals surface area (Å²) in [5, 5.41) is 0.541. The number of ether oxygens (including phenoxy) is 1. The van der Waals surface area contributed by atoms with Crippen LogP contribution in [0, 0.1) is 0 Å². The lowest BCUT2D eigenvalue weighted by atomic mass is 10.1. The molecule has 3 aromatic rings. The van der Waals surface area contributed by atoms with Crippen LogP contribution in [0.1, 0.15) is 23.4 Å². The fraction of sp³-hybridized carbons (Fsp3) is 0.235. The lowest BCUT2D eigenvalue weighted by Gasteiger charge is -2.17. The molecule has 6 heteroatoms. The summed E-state index contributed by atoms with van der Waals surface area (Å²) < 4.78 is 6.23. The van der Waals surface area contributed by atoms with Crippen molar-refractivity contribution >= 4 is 27.5 Å². The van der Waals surface area contributed by atoms with E-state index in [2.05, 4.69) is 4.98 Å². The highest BCUT2D eigenvalue weighted by Crippen LogP contribution is 2.23. The standard InChI is InChI=1S/C17H16N2O3S/c1-3-12-9-13-15(23-12)18-10-19(16(13)20)14(17(21)22-2)11-7-5-4-6-8-11/h4-10,14H,3H2,1-2H3. The lowest BCUT2D eigenvalue weighted by molar-refractivity contribution is -0.143. The van der Waals surface area contributed by atoms with E-state index in [1.54, 1.807) is 12.1 Å². The smallest absolute Gasteiger partial charge is 0.333 e. The van der Waals surface area contributed by atoms with E-state index >= 15 is 0 Å². The van der Waals surface area contributed by atoms with Gasteiger partial charge in [-0.05, 0) is 18.1 Å². The van der Waals surface area contributed by atoms with Crippen molar-refractivity contribution in [2.45, 2.75) is 19.4 Å². The number of hydrogen-bond donors (Lipinski definition) is 0. The van der Waals surface area contributed by atoms with Gasteiger partial charge in [-0.2, -0.15) is 0 Å². The molecule has 118 valence electrons. The topological polar surface area (TPSA) is 61.2 Å². The fourth-order valence-corrected chi connectivity index (χ4v) is 3.43. The Morgan fingerprint density at radius 2 is 2.09 bits per heavy atom. The van der Waals surface area contributed by atoms with Crippen molar-refractivity contribution in [3.8, 4) is 0 Å². The number of benzene rings is 1. The summed E-state index contributed by atoms with van der Waals surface area (Å²) in [6, 6.07) is 10.1. The number of aromatic nitrogens is 2. The van der Waals surface area contributed by atoms with E-state index in [9.17, 15) is 9.59 Å². The maximum atomic E-state index is 12.8. The van der Waals surface area contributed by atoms with E-state index in [4.69, 9.17) is 4.74 Å². The number of hydrogen-bond acceptors (Lipinski definition) is 5. The van der Waals surface area contributed by atoms with Crippen LogP contribution in [0.5, 0.6) is 0 Å². The van der Waals surface area contributed by atoms with Gasteiger partial charge >= 0.3 is 5.97 Å². The van der Waals surface area contributed by atoms with Crippen molar-refractivity contribution in [2.24, 2.45) is 0 Å². The summed E-state index contributed by atoms with van der Waals surface area (Å²) in [5.74, 6) is -0.495. The van der Waals surface area contributed by atoms with Gasteiger partial charge in [-0.25, -0.2) is 9.78 Å². The molecule has 0 radical (unpaired) electrons. The summed E-state index contributed by atoms with van der Waals surface area (Å²) in [6.07, 6.45) is 2.27. The molecule has 2 aromatic heterocycles. The highest BCUT2D eigenvalue weighted by atomic mass is 32.1. The highest BCUT2D eigenvalue weighted by molar-refractivity contribution is 7.18. The second kappa shape index (κ2) is 6.34. The number of nitrogens with zero attached hydrogens (tertiary/aromatic N) is 2. The molecule has 0 fully saturated rings. The van der Waals surface area contributed by atoms with Gasteiger partial charge in [0.2, 0.25) is 0 Å². The Kier molecular flexibility index (Phi) is 4.25. The zero-order chi connectivity index (χ0) is 16.4. The minimum atomic E-state index is -0.837. The van der Waals surface area contributed by atoms with Crippen molar-refractivity contribution in [2.75, 3.05) is 7.11 Å². The van der Waals surface area contributed by atoms with Crippen LogP contribution in [0.15, 0.2) is 47.5 Å². The number of methoxy groups -OCH3 is 1. The molecule has 0 N–H and O–H groups in total. The van der Waals surface area contributed by atoms with Crippen molar-refractivity contribution in [3.63, 3.8) is 0 Å². The number of thiophene rings is 1. The lowest BCUT2D eigenvalue weighted by Crippen LogP contribution is -2.31. The van der Waals surface area contributed by atoms with Crippen LogP contribution in [0.25, 0.3) is 10.2 Å². The van der Waals surface area contributed by atoms with Crippen molar-refractivity contribution < 1.29 is 9.53 Å². The second-order valence-corrected chi connectivity index (χ2v) is 6.19. The van der Waals surface area contributed by atoms with Crippen molar-refractivity contribution in [1.82, 2.24) is 9.55 Å². The second-order valence-electron chi connectivity index (χ2n) is 5.08. The summed E-state index contributed by atoms with van der Waals surface area (Å²) in [7, 11) is 1.31. The van der Waals surface area contributed by atoms with Crippen LogP contribution in [0.2, 0.25) is 0 Å². The molecule has 0 aliphatic heterocycles. The quantitative estimate of drug-likeness (QED) is 0.691. The molecule has 0 saturated heterocycles. The number of aryl methyl sites for hydroxylation is 1. The van der Waals surface area contributed by atoms with Crippen molar-refractivity contribution in [3.05, 3.63) is 63.5 Å². The molecule has 0 spiro atoms. The first-order chi connectivity index (χ1) is 11.2. The van der Waals surface area contributed by atoms with E-state index in [0.717, 1.165) is 11.3 Å². The maximum Gasteiger partial charge on any atom is 0.333 e. The van der Waals surface area contributed by atoms with Crippen LogP contribution in [0.4, 0.5) is 0 Å². The first-order valence-corrected chi connectivity index (χ1v) is 8.09. The van der Waals surface area contributed by atoms with E-state index in [1.165, 1.54) is 29.3 Å². The molecular weight excluding hydrogens is 312 g/mol. The summed E-state index contributed by atoms with van der Waals surface area (Å²) in [6.45, 7) is 2.03. The third kappa shape index (κ3) is 2.77. The van der Waals surface area contributed by atoms with Gasteiger partial charge in [0.15, 0.2) is 6.04 Å². The molecule has 5 nitrogen and oxygen atoms in total. The average Bonchev–Trinajstić information content (AvgIpc) is 3.02. The first kappa shape index (κ1) is 15.4. The third-order valence-electron chi connectivity index (χ3n) is 3.69. The van der Waals surface area contributed by atoms with E-state index in [0.29, 0.717) is 15.8 Å². The molecule has 0 aliphatic rings. The van der Waals surface area contributed by atoms with Gasteiger partial charge in [-0.3, -0.25) is 9.36 Å². The van der Waals surface area contributed by atoms with Gasteiger partial charge in [0.05, 0.1) is 12.5 Å². The van der Waals surface area contributed by atoms with Gasteiger partial charge in [0.1, 0.15) is 11.2 Å². The zero-order valence-electron chi connectivity index (χ0n) is 12.9. The van der Waals surface area contributed by atoms with E-state index < -0.39 is 12.0 Å². The summed E-state index contributed by atoms with van der Waals surface area (Å²) in [4.78, 5) is 31.2. The number of esters is 1. The van der Waals surface area contributed by atoms with Crippen molar-refractivity contribution in [1.29, 1.82) is 0 Å². The fourth-order valence-electron chi connectivity index (χ4n) is 2.50. The Labute approximate surface area is 137 Å².